The first-order valence-electron chi connectivity index (χ1n) is 4.34. The van der Waals surface area contributed by atoms with Crippen LogP contribution in [0.25, 0.3) is 0 Å². The van der Waals surface area contributed by atoms with Crippen molar-refractivity contribution in [3.63, 3.8) is 0 Å². The SMILES string of the molecule is NCC#Cc1cccc(CCN)c1. The molecule has 0 radical (unpaired) electrons. The van der Waals surface area contributed by atoms with E-state index in [9.17, 15) is 0 Å². The molecule has 0 fully saturated rings. The molecule has 4 N–H and O–H groups in total. The standard InChI is InChI=1S/C11H14N2/c12-7-2-5-10-3-1-4-11(9-10)6-8-13/h1,3-4,9H,6-8,12-13H2. The molecule has 0 aliphatic rings. The fourth-order valence-corrected chi connectivity index (χ4v) is 1.12. The van der Waals surface area contributed by atoms with E-state index in [1.54, 1.807) is 0 Å². The van der Waals surface area contributed by atoms with Gasteiger partial charge in [-0.3, -0.25) is 0 Å². The van der Waals surface area contributed by atoms with Crippen molar-refractivity contribution < 1.29 is 0 Å². The second kappa shape index (κ2) is 5.36. The summed E-state index contributed by atoms with van der Waals surface area (Å²) in [5.41, 5.74) is 13.0. The zero-order chi connectivity index (χ0) is 9.52. The van der Waals surface area contributed by atoms with E-state index in [-0.39, 0.29) is 0 Å². The van der Waals surface area contributed by atoms with E-state index in [4.69, 9.17) is 11.5 Å². The maximum atomic E-state index is 5.45. The first kappa shape index (κ1) is 9.79. The molecule has 0 atom stereocenters. The summed E-state index contributed by atoms with van der Waals surface area (Å²) in [5, 5.41) is 0. The van der Waals surface area contributed by atoms with Crippen LogP contribution in [0.4, 0.5) is 0 Å². The van der Waals surface area contributed by atoms with Gasteiger partial charge in [-0.05, 0) is 30.7 Å². The maximum Gasteiger partial charge on any atom is 0.0555 e. The van der Waals surface area contributed by atoms with Crippen molar-refractivity contribution in [2.75, 3.05) is 13.1 Å². The monoisotopic (exact) mass is 174 g/mol. The van der Waals surface area contributed by atoms with Crippen LogP contribution in [0, 0.1) is 11.8 Å². The van der Waals surface area contributed by atoms with Crippen molar-refractivity contribution in [1.82, 2.24) is 0 Å². The van der Waals surface area contributed by atoms with Gasteiger partial charge in [0.25, 0.3) is 0 Å². The Morgan fingerprint density at radius 2 is 2.08 bits per heavy atom. The van der Waals surface area contributed by atoms with Gasteiger partial charge in [-0.25, -0.2) is 0 Å². The minimum absolute atomic E-state index is 0.404. The Labute approximate surface area is 78.9 Å². The molecule has 0 bridgehead atoms. The Kier molecular flexibility index (Phi) is 4.04. The highest BCUT2D eigenvalue weighted by Gasteiger charge is 1.91. The van der Waals surface area contributed by atoms with Crippen LogP contribution in [0.1, 0.15) is 11.1 Å². The van der Waals surface area contributed by atoms with Crippen molar-refractivity contribution in [1.29, 1.82) is 0 Å². The number of rotatable bonds is 2. The van der Waals surface area contributed by atoms with Gasteiger partial charge in [-0.1, -0.05) is 24.0 Å². The van der Waals surface area contributed by atoms with Crippen LogP contribution in [0.15, 0.2) is 24.3 Å². The molecule has 0 unspecified atom stereocenters. The zero-order valence-corrected chi connectivity index (χ0v) is 7.59. The topological polar surface area (TPSA) is 52.0 Å². The van der Waals surface area contributed by atoms with E-state index in [1.165, 1.54) is 5.56 Å². The highest BCUT2D eigenvalue weighted by Crippen LogP contribution is 2.03. The maximum absolute atomic E-state index is 5.45. The van der Waals surface area contributed by atoms with E-state index in [1.807, 2.05) is 12.1 Å². The van der Waals surface area contributed by atoms with Crippen molar-refractivity contribution in [2.45, 2.75) is 6.42 Å². The average Bonchev–Trinajstić information content (AvgIpc) is 2.16. The van der Waals surface area contributed by atoms with E-state index >= 15 is 0 Å². The fraction of sp³-hybridized carbons (Fsp3) is 0.273. The van der Waals surface area contributed by atoms with Crippen LogP contribution in [0.2, 0.25) is 0 Å². The Hall–Kier alpha value is -1.30. The van der Waals surface area contributed by atoms with Crippen molar-refractivity contribution >= 4 is 0 Å². The molecule has 2 heteroatoms. The summed E-state index contributed by atoms with van der Waals surface area (Å²) < 4.78 is 0. The van der Waals surface area contributed by atoms with E-state index in [0.29, 0.717) is 13.1 Å². The molecule has 0 aromatic heterocycles. The third-order valence-corrected chi connectivity index (χ3v) is 1.69. The lowest BCUT2D eigenvalue weighted by Gasteiger charge is -1.98. The summed E-state index contributed by atoms with van der Waals surface area (Å²) in [6.45, 7) is 1.08. The molecule has 0 amide bonds. The number of benzene rings is 1. The molecule has 68 valence electrons. The van der Waals surface area contributed by atoms with Gasteiger partial charge >= 0.3 is 0 Å². The first-order chi connectivity index (χ1) is 6.36. The number of nitrogens with two attached hydrogens (primary N) is 2. The van der Waals surface area contributed by atoms with Crippen molar-refractivity contribution in [2.24, 2.45) is 11.5 Å². The van der Waals surface area contributed by atoms with Crippen molar-refractivity contribution in [3.8, 4) is 11.8 Å². The summed E-state index contributed by atoms with van der Waals surface area (Å²) >= 11 is 0. The van der Waals surface area contributed by atoms with E-state index in [2.05, 4.69) is 24.0 Å². The summed E-state index contributed by atoms with van der Waals surface area (Å²) in [7, 11) is 0. The van der Waals surface area contributed by atoms with E-state index in [0.717, 1.165) is 12.0 Å². The van der Waals surface area contributed by atoms with Gasteiger partial charge < -0.3 is 11.5 Å². The van der Waals surface area contributed by atoms with Gasteiger partial charge in [0, 0.05) is 5.56 Å². The molecular weight excluding hydrogens is 160 g/mol. The third kappa shape index (κ3) is 3.29. The molecule has 0 saturated heterocycles. The quantitative estimate of drug-likeness (QED) is 0.641. The Morgan fingerprint density at radius 3 is 2.77 bits per heavy atom. The van der Waals surface area contributed by atoms with Crippen LogP contribution in [-0.4, -0.2) is 13.1 Å². The second-order valence-electron chi connectivity index (χ2n) is 2.74. The normalized spacial score (nSPS) is 9.08. The molecular formula is C11H14N2. The molecule has 0 aliphatic carbocycles. The van der Waals surface area contributed by atoms with Gasteiger partial charge in [-0.15, -0.1) is 0 Å². The first-order valence-corrected chi connectivity index (χ1v) is 4.34. The third-order valence-electron chi connectivity index (χ3n) is 1.69. The highest BCUT2D eigenvalue weighted by atomic mass is 14.5. The molecule has 2 nitrogen and oxygen atoms in total. The lowest BCUT2D eigenvalue weighted by molar-refractivity contribution is 0.968. The summed E-state index contributed by atoms with van der Waals surface area (Å²) in [5.74, 6) is 5.81. The van der Waals surface area contributed by atoms with E-state index < -0.39 is 0 Å². The Morgan fingerprint density at radius 1 is 1.23 bits per heavy atom. The van der Waals surface area contributed by atoms with Crippen LogP contribution in [0.3, 0.4) is 0 Å². The van der Waals surface area contributed by atoms with Crippen LogP contribution in [-0.2, 0) is 6.42 Å². The molecule has 1 aromatic rings. The number of hydrogen-bond donors (Lipinski definition) is 2. The lowest BCUT2D eigenvalue weighted by atomic mass is 10.1. The average molecular weight is 174 g/mol. The molecule has 0 spiro atoms. The summed E-state index contributed by atoms with van der Waals surface area (Å²) in [6.07, 6.45) is 0.901. The minimum Gasteiger partial charge on any atom is -0.330 e. The van der Waals surface area contributed by atoms with Gasteiger partial charge in [-0.2, -0.15) is 0 Å². The molecule has 1 rings (SSSR count). The Bertz CT molecular complexity index is 320. The number of hydrogen-bond acceptors (Lipinski definition) is 2. The lowest BCUT2D eigenvalue weighted by Crippen LogP contribution is -2.02. The largest absolute Gasteiger partial charge is 0.330 e. The summed E-state index contributed by atoms with van der Waals surface area (Å²) in [4.78, 5) is 0. The van der Waals surface area contributed by atoms with Gasteiger partial charge in [0.05, 0.1) is 6.54 Å². The Balaban J connectivity index is 2.79. The zero-order valence-electron chi connectivity index (χ0n) is 7.59. The van der Waals surface area contributed by atoms with Gasteiger partial charge in [0.15, 0.2) is 0 Å². The fourth-order valence-electron chi connectivity index (χ4n) is 1.12. The predicted molar refractivity (Wildman–Crippen MR) is 55.1 cm³/mol. The van der Waals surface area contributed by atoms with Gasteiger partial charge in [0.2, 0.25) is 0 Å². The molecule has 1 aromatic carbocycles. The smallest absolute Gasteiger partial charge is 0.0555 e. The molecule has 0 aliphatic heterocycles. The second-order valence-corrected chi connectivity index (χ2v) is 2.74. The van der Waals surface area contributed by atoms with Crippen LogP contribution >= 0.6 is 0 Å². The minimum atomic E-state index is 0.404. The van der Waals surface area contributed by atoms with Crippen LogP contribution < -0.4 is 11.5 Å². The summed E-state index contributed by atoms with van der Waals surface area (Å²) in [6, 6.07) is 8.07. The van der Waals surface area contributed by atoms with Crippen LogP contribution in [0.5, 0.6) is 0 Å². The molecule has 0 saturated carbocycles. The molecule has 13 heavy (non-hydrogen) atoms. The van der Waals surface area contributed by atoms with Gasteiger partial charge in [0.1, 0.15) is 0 Å². The highest BCUT2D eigenvalue weighted by molar-refractivity contribution is 5.37. The molecule has 0 heterocycles. The van der Waals surface area contributed by atoms with Crippen molar-refractivity contribution in [3.05, 3.63) is 35.4 Å². The predicted octanol–water partition coefficient (Wildman–Crippen LogP) is 0.498.